The van der Waals surface area contributed by atoms with Gasteiger partial charge in [-0.1, -0.05) is 329 Å². The van der Waals surface area contributed by atoms with Gasteiger partial charge in [0.15, 0.2) is 6.10 Å². The fourth-order valence-corrected chi connectivity index (χ4v) is 10.1. The monoisotopic (exact) mass is 1150 g/mol. The zero-order chi connectivity index (χ0) is 59.9. The summed E-state index contributed by atoms with van der Waals surface area (Å²) in [7, 11) is 0. The molecular weight excluding hydrogens is 1020 g/mol. The summed E-state index contributed by atoms with van der Waals surface area (Å²) in [4.78, 5) is 38.4. The van der Waals surface area contributed by atoms with Crippen LogP contribution in [0, 0.1) is 0 Å². The summed E-state index contributed by atoms with van der Waals surface area (Å²) in [5.41, 5.74) is 0. The van der Waals surface area contributed by atoms with E-state index in [2.05, 4.69) is 130 Å². The highest BCUT2D eigenvalue weighted by atomic mass is 16.6. The Hall–Kier alpha value is -3.93. The molecule has 0 aromatic heterocycles. The maximum atomic E-state index is 13.0. The van der Waals surface area contributed by atoms with Crippen LogP contribution in [0.1, 0.15) is 342 Å². The van der Waals surface area contributed by atoms with Gasteiger partial charge in [-0.2, -0.15) is 0 Å². The van der Waals surface area contributed by atoms with Crippen LogP contribution in [0.15, 0.2) is 109 Å². The summed E-state index contributed by atoms with van der Waals surface area (Å²) in [5.74, 6) is -0.923. The molecule has 0 aromatic rings. The van der Waals surface area contributed by atoms with Crippen molar-refractivity contribution >= 4 is 17.9 Å². The van der Waals surface area contributed by atoms with Gasteiger partial charge in [-0.25, -0.2) is 0 Å². The van der Waals surface area contributed by atoms with Crippen LogP contribution in [0.4, 0.5) is 0 Å². The van der Waals surface area contributed by atoms with Crippen molar-refractivity contribution in [2.45, 2.75) is 348 Å². The van der Waals surface area contributed by atoms with Crippen molar-refractivity contribution in [3.8, 4) is 0 Å². The number of allylic oxidation sites excluding steroid dienone is 18. The molecular formula is C77H132O6. The standard InChI is InChI=1S/C77H132O6/c1-4-7-10-13-16-19-22-25-28-30-32-34-36-37-38-39-41-42-44-46-49-52-55-58-61-64-67-70-76(79)82-73-74(72-81-75(78)69-66-63-60-57-54-51-48-27-24-21-18-15-12-9-6-3)83-77(80)71-68-65-62-59-56-53-50-47-45-43-40-35-33-31-29-26-23-20-17-14-11-8-5-2/h8-9,11-12,17-18,20-21,26-27,29,33,35,43,45,48,50,53,74H,4-7,10,13-16,19,22-25,28,30-32,34,36-42,44,46-47,49,51-52,54-73H2,1-3H3/b11-8-,12-9-,20-17-,21-18-,29-26-,35-33-,45-43-,48-27-,53-50-. The quantitative estimate of drug-likeness (QED) is 0.0261. The number of hydrogen-bond donors (Lipinski definition) is 0. The van der Waals surface area contributed by atoms with Gasteiger partial charge in [0.05, 0.1) is 0 Å². The van der Waals surface area contributed by atoms with E-state index in [9.17, 15) is 14.4 Å². The molecule has 0 N–H and O–H groups in total. The Labute approximate surface area is 514 Å². The van der Waals surface area contributed by atoms with Gasteiger partial charge in [-0.15, -0.1) is 0 Å². The highest BCUT2D eigenvalue weighted by Crippen LogP contribution is 2.18. The van der Waals surface area contributed by atoms with Gasteiger partial charge in [-0.05, 0) is 103 Å². The Morgan fingerprint density at radius 1 is 0.253 bits per heavy atom. The van der Waals surface area contributed by atoms with Crippen LogP contribution in [0.25, 0.3) is 0 Å². The molecule has 0 rings (SSSR count). The number of ether oxygens (including phenoxy) is 3. The molecule has 1 unspecified atom stereocenters. The smallest absolute Gasteiger partial charge is 0.306 e. The van der Waals surface area contributed by atoms with Crippen molar-refractivity contribution in [1.82, 2.24) is 0 Å². The molecule has 0 aliphatic carbocycles. The molecule has 0 fully saturated rings. The predicted octanol–water partition coefficient (Wildman–Crippen LogP) is 24.6. The molecule has 6 nitrogen and oxygen atoms in total. The van der Waals surface area contributed by atoms with Gasteiger partial charge in [0.2, 0.25) is 0 Å². The molecule has 0 aliphatic rings. The molecule has 83 heavy (non-hydrogen) atoms. The maximum Gasteiger partial charge on any atom is 0.306 e. The molecule has 0 amide bonds. The third-order valence-corrected chi connectivity index (χ3v) is 15.3. The lowest BCUT2D eigenvalue weighted by Crippen LogP contribution is -2.30. The fraction of sp³-hybridized carbons (Fsp3) is 0.727. The van der Waals surface area contributed by atoms with E-state index in [1.165, 1.54) is 154 Å². The lowest BCUT2D eigenvalue weighted by molar-refractivity contribution is -0.167. The van der Waals surface area contributed by atoms with Crippen LogP contribution in [0.2, 0.25) is 0 Å². The summed E-state index contributed by atoms with van der Waals surface area (Å²) in [6.07, 6.45) is 96.9. The third-order valence-electron chi connectivity index (χ3n) is 15.3. The summed E-state index contributed by atoms with van der Waals surface area (Å²) in [6.45, 7) is 6.42. The van der Waals surface area contributed by atoms with Crippen molar-refractivity contribution in [3.05, 3.63) is 109 Å². The zero-order valence-electron chi connectivity index (χ0n) is 54.7. The zero-order valence-corrected chi connectivity index (χ0v) is 54.7. The molecule has 0 saturated heterocycles. The van der Waals surface area contributed by atoms with E-state index in [4.69, 9.17) is 14.2 Å². The second kappa shape index (κ2) is 70.6. The second-order valence-electron chi connectivity index (χ2n) is 23.4. The minimum Gasteiger partial charge on any atom is -0.462 e. The van der Waals surface area contributed by atoms with Crippen LogP contribution in [-0.4, -0.2) is 37.2 Å². The van der Waals surface area contributed by atoms with Crippen molar-refractivity contribution < 1.29 is 28.6 Å². The first-order valence-corrected chi connectivity index (χ1v) is 35.4. The number of carbonyl (C=O) groups excluding carboxylic acids is 3. The van der Waals surface area contributed by atoms with Gasteiger partial charge in [0, 0.05) is 19.3 Å². The Morgan fingerprint density at radius 2 is 0.470 bits per heavy atom. The van der Waals surface area contributed by atoms with Crippen LogP contribution >= 0.6 is 0 Å². The largest absolute Gasteiger partial charge is 0.462 e. The van der Waals surface area contributed by atoms with E-state index in [-0.39, 0.29) is 31.1 Å². The Balaban J connectivity index is 4.35. The van der Waals surface area contributed by atoms with E-state index < -0.39 is 6.10 Å². The van der Waals surface area contributed by atoms with Gasteiger partial charge < -0.3 is 14.2 Å². The minimum absolute atomic E-state index is 0.0929. The first-order chi connectivity index (χ1) is 41.0. The lowest BCUT2D eigenvalue weighted by atomic mass is 10.0. The van der Waals surface area contributed by atoms with Crippen molar-refractivity contribution in [2.75, 3.05) is 13.2 Å². The fourth-order valence-electron chi connectivity index (χ4n) is 10.1. The van der Waals surface area contributed by atoms with E-state index in [0.717, 1.165) is 148 Å². The number of hydrogen-bond acceptors (Lipinski definition) is 6. The molecule has 0 radical (unpaired) electrons. The van der Waals surface area contributed by atoms with Crippen molar-refractivity contribution in [2.24, 2.45) is 0 Å². The topological polar surface area (TPSA) is 78.9 Å². The lowest BCUT2D eigenvalue weighted by Gasteiger charge is -2.18. The predicted molar refractivity (Wildman–Crippen MR) is 362 cm³/mol. The third kappa shape index (κ3) is 68.7. The Bertz CT molecular complexity index is 1660. The summed E-state index contributed by atoms with van der Waals surface area (Å²) < 4.78 is 17.0. The van der Waals surface area contributed by atoms with E-state index >= 15 is 0 Å². The molecule has 0 heterocycles. The molecule has 0 spiro atoms. The molecule has 6 heteroatoms. The highest BCUT2D eigenvalue weighted by Gasteiger charge is 2.19. The van der Waals surface area contributed by atoms with Crippen molar-refractivity contribution in [1.29, 1.82) is 0 Å². The molecule has 0 aliphatic heterocycles. The molecule has 1 atom stereocenters. The number of unbranched alkanes of at least 4 members (excludes halogenated alkanes) is 35. The van der Waals surface area contributed by atoms with E-state index in [1.54, 1.807) is 0 Å². The number of carbonyl (C=O) groups is 3. The van der Waals surface area contributed by atoms with Crippen LogP contribution in [0.5, 0.6) is 0 Å². The SMILES string of the molecule is CC/C=C\C/C=C\C/C=C\C/C=C\C/C=C\C/C=C\CCCCCCC(=O)OC(COC(=O)CCCCCCC/C=C\C/C=C\C/C=C\CC)COC(=O)CCCCCCCCCCCCCCCCCCCCCCCCCCCCC. The van der Waals surface area contributed by atoms with E-state index in [0.29, 0.717) is 19.3 Å². The molecule has 0 bridgehead atoms. The summed E-state index contributed by atoms with van der Waals surface area (Å²) in [6, 6.07) is 0. The van der Waals surface area contributed by atoms with Crippen molar-refractivity contribution in [3.63, 3.8) is 0 Å². The molecule has 0 aromatic carbocycles. The molecule has 476 valence electrons. The Kier molecular flexibility index (Phi) is 67.2. The average molecular weight is 1150 g/mol. The van der Waals surface area contributed by atoms with Gasteiger partial charge >= 0.3 is 17.9 Å². The molecule has 0 saturated carbocycles. The van der Waals surface area contributed by atoms with Crippen LogP contribution in [-0.2, 0) is 28.6 Å². The summed E-state index contributed by atoms with van der Waals surface area (Å²) in [5, 5.41) is 0. The van der Waals surface area contributed by atoms with E-state index in [1.807, 2.05) is 0 Å². The first kappa shape index (κ1) is 79.1. The average Bonchev–Trinajstić information content (AvgIpc) is 3.49. The van der Waals surface area contributed by atoms with Crippen LogP contribution < -0.4 is 0 Å². The maximum absolute atomic E-state index is 13.0. The number of esters is 3. The van der Waals surface area contributed by atoms with Gasteiger partial charge in [0.1, 0.15) is 13.2 Å². The summed E-state index contributed by atoms with van der Waals surface area (Å²) >= 11 is 0. The minimum atomic E-state index is -0.802. The first-order valence-electron chi connectivity index (χ1n) is 35.4. The number of rotatable bonds is 64. The van der Waals surface area contributed by atoms with Gasteiger partial charge in [0.25, 0.3) is 0 Å². The Morgan fingerprint density at radius 3 is 0.735 bits per heavy atom. The van der Waals surface area contributed by atoms with Gasteiger partial charge in [-0.3, -0.25) is 14.4 Å². The highest BCUT2D eigenvalue weighted by molar-refractivity contribution is 5.71. The normalized spacial score (nSPS) is 12.8. The van der Waals surface area contributed by atoms with Crippen LogP contribution in [0.3, 0.4) is 0 Å². The second-order valence-corrected chi connectivity index (χ2v) is 23.4.